The lowest BCUT2D eigenvalue weighted by Crippen LogP contribution is -2.09. The lowest BCUT2D eigenvalue weighted by molar-refractivity contribution is 0.517. The summed E-state index contributed by atoms with van der Waals surface area (Å²) in [6, 6.07) is 10.3. The molecule has 0 bridgehead atoms. The van der Waals surface area contributed by atoms with E-state index in [0.29, 0.717) is 0 Å². The van der Waals surface area contributed by atoms with Crippen molar-refractivity contribution < 1.29 is 4.42 Å². The standard InChI is InChI=1S/C16H19N3O/c1-11-8-12(2)19(18-11)10-14-13-6-4-5-7-15(13)20-16(14)9-17-3/h4-8,17H,9-10H2,1-3H3. The number of aromatic nitrogens is 2. The Kier molecular flexibility index (Phi) is 3.32. The smallest absolute Gasteiger partial charge is 0.134 e. The third-order valence-electron chi connectivity index (χ3n) is 3.53. The summed E-state index contributed by atoms with van der Waals surface area (Å²) in [6.07, 6.45) is 0. The van der Waals surface area contributed by atoms with Gasteiger partial charge < -0.3 is 9.73 Å². The second-order valence-corrected chi connectivity index (χ2v) is 5.12. The van der Waals surface area contributed by atoms with E-state index >= 15 is 0 Å². The van der Waals surface area contributed by atoms with Crippen LogP contribution in [0.25, 0.3) is 11.0 Å². The number of nitrogens with one attached hydrogen (secondary N) is 1. The number of para-hydroxylation sites is 1. The summed E-state index contributed by atoms with van der Waals surface area (Å²) in [5, 5.41) is 8.89. The molecule has 3 rings (SSSR count). The molecule has 0 atom stereocenters. The van der Waals surface area contributed by atoms with Crippen LogP contribution in [0.4, 0.5) is 0 Å². The molecule has 1 aromatic carbocycles. The van der Waals surface area contributed by atoms with E-state index < -0.39 is 0 Å². The molecule has 0 aliphatic carbocycles. The van der Waals surface area contributed by atoms with Gasteiger partial charge >= 0.3 is 0 Å². The first-order valence-electron chi connectivity index (χ1n) is 6.84. The Labute approximate surface area is 118 Å². The summed E-state index contributed by atoms with van der Waals surface area (Å²) in [5.74, 6) is 0.987. The third-order valence-corrected chi connectivity index (χ3v) is 3.53. The molecule has 0 saturated carbocycles. The first-order chi connectivity index (χ1) is 9.69. The Morgan fingerprint density at radius 1 is 1.25 bits per heavy atom. The average molecular weight is 269 g/mol. The predicted molar refractivity (Wildman–Crippen MR) is 79.8 cm³/mol. The van der Waals surface area contributed by atoms with Gasteiger partial charge in [0.2, 0.25) is 0 Å². The van der Waals surface area contributed by atoms with E-state index in [1.54, 1.807) is 0 Å². The quantitative estimate of drug-likeness (QED) is 0.791. The molecule has 104 valence electrons. The molecule has 2 heterocycles. The van der Waals surface area contributed by atoms with E-state index in [0.717, 1.165) is 30.1 Å². The Morgan fingerprint density at radius 3 is 2.75 bits per heavy atom. The minimum atomic E-state index is 0.726. The van der Waals surface area contributed by atoms with Crippen LogP contribution in [0.1, 0.15) is 22.7 Å². The average Bonchev–Trinajstić information content (AvgIpc) is 2.92. The Hall–Kier alpha value is -2.07. The maximum atomic E-state index is 5.95. The molecule has 1 N–H and O–H groups in total. The highest BCUT2D eigenvalue weighted by atomic mass is 16.3. The van der Waals surface area contributed by atoms with Gasteiger partial charge in [0.05, 0.1) is 18.8 Å². The van der Waals surface area contributed by atoms with Gasteiger partial charge in [-0.3, -0.25) is 4.68 Å². The molecule has 0 spiro atoms. The van der Waals surface area contributed by atoms with Gasteiger partial charge in [0.25, 0.3) is 0 Å². The summed E-state index contributed by atoms with van der Waals surface area (Å²) in [7, 11) is 1.93. The highest BCUT2D eigenvalue weighted by Crippen LogP contribution is 2.27. The van der Waals surface area contributed by atoms with Gasteiger partial charge in [0.15, 0.2) is 0 Å². The van der Waals surface area contributed by atoms with Crippen LogP contribution in [0.2, 0.25) is 0 Å². The van der Waals surface area contributed by atoms with Crippen LogP contribution in [-0.4, -0.2) is 16.8 Å². The van der Waals surface area contributed by atoms with E-state index in [-0.39, 0.29) is 0 Å². The van der Waals surface area contributed by atoms with Crippen LogP contribution in [0.3, 0.4) is 0 Å². The molecule has 0 saturated heterocycles. The first-order valence-corrected chi connectivity index (χ1v) is 6.84. The maximum Gasteiger partial charge on any atom is 0.134 e. The fourth-order valence-electron chi connectivity index (χ4n) is 2.61. The number of furan rings is 1. The van der Waals surface area contributed by atoms with Gasteiger partial charge in [-0.05, 0) is 33.0 Å². The summed E-state index contributed by atoms with van der Waals surface area (Å²) in [5.41, 5.74) is 4.36. The largest absolute Gasteiger partial charge is 0.459 e. The first kappa shape index (κ1) is 12.9. The summed E-state index contributed by atoms with van der Waals surface area (Å²) in [6.45, 7) is 5.57. The zero-order valence-corrected chi connectivity index (χ0v) is 12.1. The SMILES string of the molecule is CNCc1oc2ccccc2c1Cn1nc(C)cc1C. The molecular formula is C16H19N3O. The number of rotatable bonds is 4. The molecule has 2 aromatic heterocycles. The molecule has 4 heteroatoms. The van der Waals surface area contributed by atoms with Crippen molar-refractivity contribution in [2.24, 2.45) is 0 Å². The van der Waals surface area contributed by atoms with Gasteiger partial charge in [0.1, 0.15) is 11.3 Å². The van der Waals surface area contributed by atoms with Crippen LogP contribution in [0.5, 0.6) is 0 Å². The molecule has 0 unspecified atom stereocenters. The molecule has 0 radical (unpaired) electrons. The van der Waals surface area contributed by atoms with Crippen molar-refractivity contribution in [3.63, 3.8) is 0 Å². The molecule has 20 heavy (non-hydrogen) atoms. The van der Waals surface area contributed by atoms with Gasteiger partial charge in [-0.1, -0.05) is 18.2 Å². The van der Waals surface area contributed by atoms with Crippen molar-refractivity contribution in [1.82, 2.24) is 15.1 Å². The van der Waals surface area contributed by atoms with Gasteiger partial charge in [0, 0.05) is 16.6 Å². The number of hydrogen-bond donors (Lipinski definition) is 1. The molecular weight excluding hydrogens is 250 g/mol. The van der Waals surface area contributed by atoms with Crippen molar-refractivity contribution in [3.8, 4) is 0 Å². The van der Waals surface area contributed by atoms with Crippen molar-refractivity contribution in [2.75, 3.05) is 7.05 Å². The molecule has 0 aliphatic rings. The van der Waals surface area contributed by atoms with Crippen LogP contribution in [-0.2, 0) is 13.1 Å². The van der Waals surface area contributed by atoms with E-state index in [1.165, 1.54) is 16.6 Å². The van der Waals surface area contributed by atoms with Gasteiger partial charge in [-0.25, -0.2) is 0 Å². The molecule has 0 amide bonds. The van der Waals surface area contributed by atoms with Crippen molar-refractivity contribution in [2.45, 2.75) is 26.9 Å². The van der Waals surface area contributed by atoms with Crippen molar-refractivity contribution in [3.05, 3.63) is 53.0 Å². The number of fused-ring (bicyclic) bond motifs is 1. The van der Waals surface area contributed by atoms with Crippen LogP contribution < -0.4 is 5.32 Å². The number of hydrogen-bond acceptors (Lipinski definition) is 3. The monoisotopic (exact) mass is 269 g/mol. The predicted octanol–water partition coefficient (Wildman–Crippen LogP) is 3.01. The van der Waals surface area contributed by atoms with E-state index in [9.17, 15) is 0 Å². The van der Waals surface area contributed by atoms with Gasteiger partial charge in [-0.15, -0.1) is 0 Å². The minimum Gasteiger partial charge on any atom is -0.459 e. The molecule has 0 fully saturated rings. The molecule has 3 aromatic rings. The fourth-order valence-corrected chi connectivity index (χ4v) is 2.61. The number of nitrogens with zero attached hydrogens (tertiary/aromatic N) is 2. The zero-order valence-electron chi connectivity index (χ0n) is 12.1. The molecule has 0 aliphatic heterocycles. The summed E-state index contributed by atoms with van der Waals surface area (Å²) >= 11 is 0. The minimum absolute atomic E-state index is 0.726. The van der Waals surface area contributed by atoms with Crippen LogP contribution in [0, 0.1) is 13.8 Å². The fraction of sp³-hybridized carbons (Fsp3) is 0.312. The summed E-state index contributed by atoms with van der Waals surface area (Å²) < 4.78 is 7.99. The number of aryl methyl sites for hydroxylation is 2. The second-order valence-electron chi connectivity index (χ2n) is 5.12. The van der Waals surface area contributed by atoms with Crippen molar-refractivity contribution >= 4 is 11.0 Å². The summed E-state index contributed by atoms with van der Waals surface area (Å²) in [4.78, 5) is 0. The Balaban J connectivity index is 2.08. The van der Waals surface area contributed by atoms with E-state index in [4.69, 9.17) is 4.42 Å². The molecule has 4 nitrogen and oxygen atoms in total. The lowest BCUT2D eigenvalue weighted by Gasteiger charge is -2.05. The zero-order chi connectivity index (χ0) is 14.1. The van der Waals surface area contributed by atoms with Crippen molar-refractivity contribution in [1.29, 1.82) is 0 Å². The van der Waals surface area contributed by atoms with E-state index in [1.807, 2.05) is 36.9 Å². The highest BCUT2D eigenvalue weighted by molar-refractivity contribution is 5.82. The van der Waals surface area contributed by atoms with Gasteiger partial charge in [-0.2, -0.15) is 5.10 Å². The van der Waals surface area contributed by atoms with Crippen LogP contribution in [0.15, 0.2) is 34.7 Å². The van der Waals surface area contributed by atoms with Crippen LogP contribution >= 0.6 is 0 Å². The second kappa shape index (κ2) is 5.13. The topological polar surface area (TPSA) is 43.0 Å². The number of benzene rings is 1. The van der Waals surface area contributed by atoms with E-state index in [2.05, 4.69) is 29.5 Å². The normalized spacial score (nSPS) is 11.3. The maximum absolute atomic E-state index is 5.95. The Bertz CT molecular complexity index is 739. The lowest BCUT2D eigenvalue weighted by atomic mass is 10.1. The highest BCUT2D eigenvalue weighted by Gasteiger charge is 2.15. The third kappa shape index (κ3) is 2.23. The Morgan fingerprint density at radius 2 is 2.05 bits per heavy atom.